The first-order valence-corrected chi connectivity index (χ1v) is 8.04. The first-order chi connectivity index (χ1) is 11.4. The van der Waals surface area contributed by atoms with Crippen LogP contribution in [0.1, 0.15) is 32.6 Å². The van der Waals surface area contributed by atoms with Gasteiger partial charge < -0.3 is 33.9 Å². The largest absolute Gasteiger partial charge is 0.463 e. The monoisotopic (exact) mass is 348 g/mol. The zero-order valence-corrected chi connectivity index (χ0v) is 13.6. The van der Waals surface area contributed by atoms with E-state index in [1.54, 1.807) is 0 Å². The minimum atomic E-state index is -2.70. The Morgan fingerprint density at radius 2 is 1.62 bits per heavy atom. The molecule has 0 bridgehead atoms. The Morgan fingerprint density at radius 1 is 1.08 bits per heavy atom. The Labute approximate surface area is 139 Å². The third-order valence-electron chi connectivity index (χ3n) is 3.57. The average Bonchev–Trinajstić information content (AvgIpc) is 3.40. The molecule has 0 aliphatic carbocycles. The second-order valence-electron chi connectivity index (χ2n) is 5.91. The molecule has 2 saturated heterocycles. The number of esters is 2. The predicted octanol–water partition coefficient (Wildman–Crippen LogP) is -0.526. The van der Waals surface area contributed by atoms with Gasteiger partial charge in [0.2, 0.25) is 0 Å². The molecule has 2 N–H and O–H groups in total. The quantitative estimate of drug-likeness (QED) is 0.207. The minimum absolute atomic E-state index is 0.0295. The van der Waals surface area contributed by atoms with Crippen molar-refractivity contribution in [1.82, 2.24) is 0 Å². The van der Waals surface area contributed by atoms with Crippen LogP contribution in [0.15, 0.2) is 0 Å². The lowest BCUT2D eigenvalue weighted by Crippen LogP contribution is -2.46. The number of carbonyl (C=O) groups is 2. The van der Waals surface area contributed by atoms with Gasteiger partial charge in [-0.3, -0.25) is 9.59 Å². The summed E-state index contributed by atoms with van der Waals surface area (Å²) in [5, 5.41) is 19.4. The van der Waals surface area contributed by atoms with Crippen LogP contribution in [0, 0.1) is 0 Å². The second kappa shape index (κ2) is 8.72. The number of hydrogen-bond acceptors (Lipinski definition) is 9. The van der Waals surface area contributed by atoms with Crippen molar-refractivity contribution >= 4 is 11.9 Å². The predicted molar refractivity (Wildman–Crippen MR) is 77.6 cm³/mol. The van der Waals surface area contributed by atoms with Crippen LogP contribution in [0.25, 0.3) is 0 Å². The summed E-state index contributed by atoms with van der Waals surface area (Å²) >= 11 is 0. The van der Waals surface area contributed by atoms with E-state index in [-0.39, 0.29) is 44.2 Å². The van der Waals surface area contributed by atoms with Gasteiger partial charge in [-0.1, -0.05) is 0 Å². The fraction of sp³-hybridized carbons (Fsp3) is 0.867. The standard InChI is InChI=1S/C15H24O9/c1-10(20-6-11-7-21-11)15(18,19)24-14(17)5-3-2-4-13(16)23-9-12-8-22-12/h10-12,18-19H,2-9H2,1H3. The SMILES string of the molecule is CC(OCC1CO1)C(O)(O)OC(=O)CCCCC(=O)OCC1CO1. The number of carbonyl (C=O) groups excluding carboxylic acids is 2. The van der Waals surface area contributed by atoms with Crippen LogP contribution in [0.5, 0.6) is 0 Å². The summed E-state index contributed by atoms with van der Waals surface area (Å²) in [6, 6.07) is 0. The summed E-state index contributed by atoms with van der Waals surface area (Å²) in [7, 11) is 0. The molecule has 2 fully saturated rings. The van der Waals surface area contributed by atoms with Crippen LogP contribution in [0.4, 0.5) is 0 Å². The minimum Gasteiger partial charge on any atom is -0.463 e. The highest BCUT2D eigenvalue weighted by Crippen LogP contribution is 2.17. The Morgan fingerprint density at radius 3 is 2.21 bits per heavy atom. The highest BCUT2D eigenvalue weighted by molar-refractivity contribution is 5.70. The third-order valence-corrected chi connectivity index (χ3v) is 3.57. The summed E-state index contributed by atoms with van der Waals surface area (Å²) in [6.45, 7) is 3.05. The molecule has 0 aromatic rings. The molecule has 0 saturated carbocycles. The van der Waals surface area contributed by atoms with Crippen molar-refractivity contribution in [3.63, 3.8) is 0 Å². The summed E-state index contributed by atoms with van der Waals surface area (Å²) in [5.41, 5.74) is 0. The van der Waals surface area contributed by atoms with E-state index >= 15 is 0 Å². The van der Waals surface area contributed by atoms with E-state index in [4.69, 9.17) is 18.9 Å². The topological polar surface area (TPSA) is 127 Å². The number of rotatable bonds is 12. The van der Waals surface area contributed by atoms with Gasteiger partial charge in [0.05, 0.1) is 19.8 Å². The number of aliphatic hydroxyl groups is 2. The Hall–Kier alpha value is -1.26. The molecule has 0 radical (unpaired) electrons. The van der Waals surface area contributed by atoms with Gasteiger partial charge in [-0.25, -0.2) is 0 Å². The maximum Gasteiger partial charge on any atom is 0.351 e. The molecule has 9 heteroatoms. The van der Waals surface area contributed by atoms with Gasteiger partial charge in [-0.05, 0) is 19.8 Å². The van der Waals surface area contributed by atoms with Crippen molar-refractivity contribution in [2.75, 3.05) is 26.4 Å². The van der Waals surface area contributed by atoms with Crippen LogP contribution in [0.3, 0.4) is 0 Å². The Balaban J connectivity index is 1.52. The fourth-order valence-corrected chi connectivity index (χ4v) is 1.79. The van der Waals surface area contributed by atoms with Crippen LogP contribution in [-0.4, -0.2) is 72.9 Å². The number of hydrogen-bond donors (Lipinski definition) is 2. The van der Waals surface area contributed by atoms with E-state index in [1.165, 1.54) is 6.92 Å². The first kappa shape index (κ1) is 19.1. The average molecular weight is 348 g/mol. The van der Waals surface area contributed by atoms with Gasteiger partial charge in [-0.15, -0.1) is 0 Å². The normalized spacial score (nSPS) is 23.5. The van der Waals surface area contributed by atoms with Crippen molar-refractivity contribution in [2.45, 2.75) is 56.9 Å². The van der Waals surface area contributed by atoms with Crippen LogP contribution in [0.2, 0.25) is 0 Å². The lowest BCUT2D eigenvalue weighted by molar-refractivity contribution is -0.361. The maximum absolute atomic E-state index is 11.6. The summed E-state index contributed by atoms with van der Waals surface area (Å²) < 4.78 is 24.6. The van der Waals surface area contributed by atoms with Gasteiger partial charge >= 0.3 is 17.9 Å². The van der Waals surface area contributed by atoms with E-state index in [0.29, 0.717) is 26.1 Å². The molecule has 0 amide bonds. The highest BCUT2D eigenvalue weighted by atomic mass is 16.8. The number of unbranched alkanes of at least 4 members (excludes halogenated alkanes) is 1. The second-order valence-corrected chi connectivity index (χ2v) is 5.91. The van der Waals surface area contributed by atoms with Gasteiger partial charge in [0.15, 0.2) is 0 Å². The Bertz CT molecular complexity index is 429. The van der Waals surface area contributed by atoms with Crippen molar-refractivity contribution in [3.05, 3.63) is 0 Å². The molecule has 138 valence electrons. The zero-order chi connectivity index (χ0) is 17.6. The smallest absolute Gasteiger partial charge is 0.351 e. The molecule has 0 aromatic heterocycles. The maximum atomic E-state index is 11.6. The van der Waals surface area contributed by atoms with Gasteiger partial charge in [-0.2, -0.15) is 0 Å². The van der Waals surface area contributed by atoms with Crippen LogP contribution < -0.4 is 0 Å². The summed E-state index contributed by atoms with van der Waals surface area (Å²) in [4.78, 5) is 23.0. The molecule has 3 unspecified atom stereocenters. The number of ether oxygens (including phenoxy) is 5. The van der Waals surface area contributed by atoms with Gasteiger partial charge in [0, 0.05) is 12.8 Å². The summed E-state index contributed by atoms with van der Waals surface area (Å²) in [6.07, 6.45) is -0.161. The lowest BCUT2D eigenvalue weighted by Gasteiger charge is -2.27. The molecule has 9 nitrogen and oxygen atoms in total. The van der Waals surface area contributed by atoms with Crippen molar-refractivity contribution in [3.8, 4) is 0 Å². The third kappa shape index (κ3) is 7.54. The van der Waals surface area contributed by atoms with E-state index in [0.717, 1.165) is 0 Å². The van der Waals surface area contributed by atoms with Crippen molar-refractivity contribution in [2.24, 2.45) is 0 Å². The number of epoxide rings is 2. The zero-order valence-electron chi connectivity index (χ0n) is 13.6. The molecular formula is C15H24O9. The Kier molecular flexibility index (Phi) is 6.93. The highest BCUT2D eigenvalue weighted by Gasteiger charge is 2.38. The molecule has 24 heavy (non-hydrogen) atoms. The van der Waals surface area contributed by atoms with E-state index in [1.807, 2.05) is 0 Å². The molecule has 0 aromatic carbocycles. The summed E-state index contributed by atoms with van der Waals surface area (Å²) in [5.74, 6) is -3.82. The molecule has 2 aliphatic heterocycles. The van der Waals surface area contributed by atoms with Crippen LogP contribution >= 0.6 is 0 Å². The van der Waals surface area contributed by atoms with Crippen LogP contribution in [-0.2, 0) is 33.3 Å². The van der Waals surface area contributed by atoms with Crippen molar-refractivity contribution < 1.29 is 43.5 Å². The first-order valence-electron chi connectivity index (χ1n) is 8.04. The fourth-order valence-electron chi connectivity index (χ4n) is 1.79. The van der Waals surface area contributed by atoms with E-state index < -0.39 is 18.0 Å². The van der Waals surface area contributed by atoms with E-state index in [9.17, 15) is 19.8 Å². The van der Waals surface area contributed by atoms with Gasteiger partial charge in [0.25, 0.3) is 0 Å². The van der Waals surface area contributed by atoms with E-state index in [2.05, 4.69) is 4.74 Å². The molecule has 2 aliphatic rings. The molecule has 0 spiro atoms. The lowest BCUT2D eigenvalue weighted by atomic mass is 10.2. The molecular weight excluding hydrogens is 324 g/mol. The molecule has 2 rings (SSSR count). The van der Waals surface area contributed by atoms with Gasteiger partial charge in [0.1, 0.15) is 24.9 Å². The van der Waals surface area contributed by atoms with Crippen molar-refractivity contribution in [1.29, 1.82) is 0 Å². The molecule has 2 heterocycles. The molecule has 3 atom stereocenters.